The molecule has 4 aromatic rings. The number of rotatable bonds is 9. The van der Waals surface area contributed by atoms with E-state index in [0.717, 1.165) is 53.6 Å². The molecule has 0 bridgehead atoms. The lowest BCUT2D eigenvalue weighted by Gasteiger charge is -2.34. The molecule has 41 heavy (non-hydrogen) atoms. The SMILES string of the molecule is CN(C)CCCN1CCN(C(=O)c2cc(-c3ccc(-c4cccc(S(C)(=O)=O)c4)s3)n(-c3ccccc3Cl)n2)CC1. The van der Waals surface area contributed by atoms with Crippen LogP contribution < -0.4 is 0 Å². The number of para-hydroxylation sites is 1. The second kappa shape index (κ2) is 12.5. The molecule has 0 spiro atoms. The Morgan fingerprint density at radius 3 is 2.41 bits per heavy atom. The highest BCUT2D eigenvalue weighted by Gasteiger charge is 2.26. The van der Waals surface area contributed by atoms with E-state index in [0.29, 0.717) is 29.5 Å². The summed E-state index contributed by atoms with van der Waals surface area (Å²) in [6.07, 6.45) is 2.31. The second-order valence-corrected chi connectivity index (χ2v) is 14.0. The van der Waals surface area contributed by atoms with Crippen LogP contribution in [0, 0.1) is 0 Å². The molecular formula is C30H34ClN5O3S2. The van der Waals surface area contributed by atoms with Crippen LogP contribution in [0.5, 0.6) is 0 Å². The van der Waals surface area contributed by atoms with Crippen molar-refractivity contribution < 1.29 is 13.2 Å². The van der Waals surface area contributed by atoms with Crippen molar-refractivity contribution in [1.29, 1.82) is 0 Å². The van der Waals surface area contributed by atoms with E-state index in [1.54, 1.807) is 28.9 Å². The molecule has 0 N–H and O–H groups in total. The van der Waals surface area contributed by atoms with E-state index in [2.05, 4.69) is 23.9 Å². The number of carbonyl (C=O) groups excluding carboxylic acids is 1. The van der Waals surface area contributed by atoms with E-state index in [-0.39, 0.29) is 10.8 Å². The topological polar surface area (TPSA) is 78.8 Å². The van der Waals surface area contributed by atoms with Gasteiger partial charge >= 0.3 is 0 Å². The number of nitrogens with zero attached hydrogens (tertiary/aromatic N) is 5. The molecule has 0 saturated carbocycles. The molecule has 1 saturated heterocycles. The van der Waals surface area contributed by atoms with Crippen LogP contribution >= 0.6 is 22.9 Å². The van der Waals surface area contributed by atoms with Crippen molar-refractivity contribution in [2.24, 2.45) is 0 Å². The first-order valence-electron chi connectivity index (χ1n) is 13.5. The van der Waals surface area contributed by atoms with Crippen molar-refractivity contribution >= 4 is 38.7 Å². The number of amides is 1. The fourth-order valence-electron chi connectivity index (χ4n) is 4.93. The number of benzene rings is 2. The Morgan fingerprint density at radius 1 is 0.976 bits per heavy atom. The molecule has 0 radical (unpaired) electrons. The van der Waals surface area contributed by atoms with Crippen LogP contribution in [0.4, 0.5) is 0 Å². The van der Waals surface area contributed by atoms with Crippen LogP contribution in [-0.2, 0) is 9.84 Å². The first-order valence-corrected chi connectivity index (χ1v) is 16.6. The van der Waals surface area contributed by atoms with Crippen LogP contribution in [0.3, 0.4) is 0 Å². The summed E-state index contributed by atoms with van der Waals surface area (Å²) in [5, 5.41) is 5.29. The third-order valence-electron chi connectivity index (χ3n) is 7.15. The van der Waals surface area contributed by atoms with Crippen molar-refractivity contribution in [3.63, 3.8) is 0 Å². The fourth-order valence-corrected chi connectivity index (χ4v) is 6.81. The number of thiophene rings is 1. The molecule has 216 valence electrons. The number of halogens is 1. The number of hydrogen-bond donors (Lipinski definition) is 0. The highest BCUT2D eigenvalue weighted by molar-refractivity contribution is 7.90. The van der Waals surface area contributed by atoms with Gasteiger partial charge in [0, 0.05) is 37.3 Å². The van der Waals surface area contributed by atoms with Gasteiger partial charge in [-0.1, -0.05) is 35.9 Å². The van der Waals surface area contributed by atoms with Gasteiger partial charge < -0.3 is 9.80 Å². The molecular weight excluding hydrogens is 578 g/mol. The molecule has 3 heterocycles. The molecule has 1 amide bonds. The highest BCUT2D eigenvalue weighted by Crippen LogP contribution is 2.37. The minimum Gasteiger partial charge on any atom is -0.335 e. The highest BCUT2D eigenvalue weighted by atomic mass is 35.5. The van der Waals surface area contributed by atoms with Gasteiger partial charge in [-0.15, -0.1) is 11.3 Å². The summed E-state index contributed by atoms with van der Waals surface area (Å²) < 4.78 is 25.9. The normalized spacial score (nSPS) is 14.6. The Kier molecular flexibility index (Phi) is 8.96. The number of carbonyl (C=O) groups is 1. The van der Waals surface area contributed by atoms with Gasteiger partial charge in [0.25, 0.3) is 5.91 Å². The Labute approximate surface area is 250 Å². The van der Waals surface area contributed by atoms with E-state index < -0.39 is 9.84 Å². The lowest BCUT2D eigenvalue weighted by Crippen LogP contribution is -2.49. The van der Waals surface area contributed by atoms with Gasteiger partial charge in [0.05, 0.1) is 26.2 Å². The van der Waals surface area contributed by atoms with E-state index in [9.17, 15) is 13.2 Å². The minimum absolute atomic E-state index is 0.0948. The summed E-state index contributed by atoms with van der Waals surface area (Å²) >= 11 is 8.09. The molecule has 0 unspecified atom stereocenters. The largest absolute Gasteiger partial charge is 0.335 e. The molecule has 1 aliphatic rings. The zero-order valence-electron chi connectivity index (χ0n) is 23.5. The lowest BCUT2D eigenvalue weighted by molar-refractivity contribution is 0.0627. The summed E-state index contributed by atoms with van der Waals surface area (Å²) in [6.45, 7) is 5.09. The van der Waals surface area contributed by atoms with Crippen LogP contribution in [0.15, 0.2) is 71.6 Å². The van der Waals surface area contributed by atoms with Crippen molar-refractivity contribution in [2.75, 3.05) is 59.6 Å². The monoisotopic (exact) mass is 611 g/mol. The second-order valence-electron chi connectivity index (χ2n) is 10.5. The van der Waals surface area contributed by atoms with E-state index in [1.165, 1.54) is 17.6 Å². The standard InChI is InChI=1S/C30H34ClN5O3S2/c1-33(2)14-7-15-34-16-18-35(19-17-34)30(37)25-21-27(36(32-25)26-11-5-4-10-24(26)31)29-13-12-28(40-29)22-8-6-9-23(20-22)41(3,38)39/h4-6,8-13,20-21H,7,14-19H2,1-3H3. The zero-order valence-corrected chi connectivity index (χ0v) is 25.8. The maximum atomic E-state index is 13.6. The van der Waals surface area contributed by atoms with E-state index in [4.69, 9.17) is 16.7 Å². The average molecular weight is 612 g/mol. The molecule has 8 nitrogen and oxygen atoms in total. The molecule has 0 aliphatic carbocycles. The van der Waals surface area contributed by atoms with Crippen molar-refractivity contribution in [3.05, 3.63) is 77.4 Å². The Morgan fingerprint density at radius 2 is 1.71 bits per heavy atom. The molecule has 2 aromatic carbocycles. The Balaban J connectivity index is 1.42. The summed E-state index contributed by atoms with van der Waals surface area (Å²) in [6, 6.07) is 20.1. The number of sulfone groups is 1. The quantitative estimate of drug-likeness (QED) is 0.264. The summed E-state index contributed by atoms with van der Waals surface area (Å²) in [5.74, 6) is -0.0948. The molecule has 2 aromatic heterocycles. The Bertz CT molecular complexity index is 1640. The maximum absolute atomic E-state index is 13.6. The molecule has 0 atom stereocenters. The third-order valence-corrected chi connectivity index (χ3v) is 9.74. The predicted octanol–water partition coefficient (Wildman–Crippen LogP) is 5.03. The van der Waals surface area contributed by atoms with Gasteiger partial charge in [0.1, 0.15) is 0 Å². The van der Waals surface area contributed by atoms with Crippen LogP contribution in [0.25, 0.3) is 26.7 Å². The van der Waals surface area contributed by atoms with E-state index in [1.807, 2.05) is 47.4 Å². The smallest absolute Gasteiger partial charge is 0.274 e. The van der Waals surface area contributed by atoms with Gasteiger partial charge in [0.2, 0.25) is 0 Å². The summed E-state index contributed by atoms with van der Waals surface area (Å²) in [5.41, 5.74) is 2.62. The fraction of sp³-hybridized carbons (Fsp3) is 0.333. The number of aromatic nitrogens is 2. The average Bonchev–Trinajstić information content (AvgIpc) is 3.61. The summed E-state index contributed by atoms with van der Waals surface area (Å²) in [7, 11) is 0.841. The van der Waals surface area contributed by atoms with Gasteiger partial charge in [-0.25, -0.2) is 13.1 Å². The molecule has 1 fully saturated rings. The van der Waals surface area contributed by atoms with E-state index >= 15 is 0 Å². The molecule has 1 aliphatic heterocycles. The van der Waals surface area contributed by atoms with Crippen LogP contribution in [-0.4, -0.2) is 98.4 Å². The molecule has 11 heteroatoms. The van der Waals surface area contributed by atoms with Gasteiger partial charge in [-0.3, -0.25) is 9.69 Å². The van der Waals surface area contributed by atoms with Gasteiger partial charge in [-0.2, -0.15) is 5.10 Å². The minimum atomic E-state index is -3.33. The zero-order chi connectivity index (χ0) is 29.1. The third kappa shape index (κ3) is 6.90. The van der Waals surface area contributed by atoms with Crippen LogP contribution in [0.2, 0.25) is 5.02 Å². The van der Waals surface area contributed by atoms with Gasteiger partial charge in [0.15, 0.2) is 15.5 Å². The number of piperazine rings is 1. The van der Waals surface area contributed by atoms with Crippen molar-refractivity contribution in [3.8, 4) is 26.7 Å². The lowest BCUT2D eigenvalue weighted by atomic mass is 10.2. The molecule has 5 rings (SSSR count). The predicted molar refractivity (Wildman–Crippen MR) is 166 cm³/mol. The summed E-state index contributed by atoms with van der Waals surface area (Å²) in [4.78, 5) is 22.2. The first-order chi connectivity index (χ1) is 19.6. The van der Waals surface area contributed by atoms with Gasteiger partial charge in [-0.05, 0) is 81.6 Å². The Hall–Kier alpha value is -3.02. The number of hydrogen-bond acceptors (Lipinski definition) is 7. The maximum Gasteiger partial charge on any atom is 0.274 e. The van der Waals surface area contributed by atoms with Crippen molar-refractivity contribution in [2.45, 2.75) is 11.3 Å². The van der Waals surface area contributed by atoms with Crippen LogP contribution in [0.1, 0.15) is 16.9 Å². The first kappa shape index (κ1) is 29.5. The van der Waals surface area contributed by atoms with Crippen molar-refractivity contribution in [1.82, 2.24) is 24.5 Å².